The molecule has 1 aromatic carbocycles. The lowest BCUT2D eigenvalue weighted by atomic mass is 10.2. The summed E-state index contributed by atoms with van der Waals surface area (Å²) >= 11 is 0. The molecule has 6 nitrogen and oxygen atoms in total. The Labute approximate surface area is 118 Å². The van der Waals surface area contributed by atoms with Crippen LogP contribution in [0.25, 0.3) is 0 Å². The Balaban J connectivity index is 2.25. The van der Waals surface area contributed by atoms with Gasteiger partial charge in [-0.3, -0.25) is 4.72 Å². The molecule has 0 aliphatic carbocycles. The van der Waals surface area contributed by atoms with Gasteiger partial charge in [-0.05, 0) is 30.2 Å². The average Bonchev–Trinajstić information content (AvgIpc) is 2.48. The molecule has 4 N–H and O–H groups in total. The highest BCUT2D eigenvalue weighted by atomic mass is 32.2. The standard InChI is InChI=1S/C13H16N4O2S/c1-2-10-3-5-11(6-4-10)17-20(18,19)12-7-8-15-13(9-12)16-14/h3-9,17H,2,14H2,1H3,(H,15,16). The Kier molecular flexibility index (Phi) is 4.21. The van der Waals surface area contributed by atoms with E-state index in [4.69, 9.17) is 5.84 Å². The lowest BCUT2D eigenvalue weighted by Gasteiger charge is -2.09. The van der Waals surface area contributed by atoms with E-state index in [0.717, 1.165) is 12.0 Å². The van der Waals surface area contributed by atoms with Crippen molar-refractivity contribution in [2.45, 2.75) is 18.2 Å². The van der Waals surface area contributed by atoms with Crippen molar-refractivity contribution in [3.05, 3.63) is 48.2 Å². The van der Waals surface area contributed by atoms with E-state index < -0.39 is 10.0 Å². The molecule has 0 bridgehead atoms. The van der Waals surface area contributed by atoms with Gasteiger partial charge < -0.3 is 5.43 Å². The number of hydrazine groups is 1. The number of aromatic nitrogens is 1. The van der Waals surface area contributed by atoms with Crippen LogP contribution >= 0.6 is 0 Å². The van der Waals surface area contributed by atoms with Crippen molar-refractivity contribution in [2.24, 2.45) is 5.84 Å². The Morgan fingerprint density at radius 1 is 1.20 bits per heavy atom. The molecule has 0 unspecified atom stereocenters. The number of hydrogen-bond acceptors (Lipinski definition) is 5. The van der Waals surface area contributed by atoms with Crippen LogP contribution in [0.3, 0.4) is 0 Å². The number of nitrogen functional groups attached to an aromatic ring is 1. The monoisotopic (exact) mass is 292 g/mol. The van der Waals surface area contributed by atoms with Gasteiger partial charge in [0.15, 0.2) is 0 Å². The summed E-state index contributed by atoms with van der Waals surface area (Å²) in [5.41, 5.74) is 3.97. The molecule has 0 saturated carbocycles. The van der Waals surface area contributed by atoms with Crippen LogP contribution in [0.5, 0.6) is 0 Å². The molecule has 0 aliphatic heterocycles. The predicted octanol–water partition coefficient (Wildman–Crippen LogP) is 1.73. The third-order valence-corrected chi connectivity index (χ3v) is 4.18. The first-order valence-corrected chi connectivity index (χ1v) is 7.58. The van der Waals surface area contributed by atoms with Gasteiger partial charge in [-0.15, -0.1) is 0 Å². The molecule has 0 radical (unpaired) electrons. The summed E-state index contributed by atoms with van der Waals surface area (Å²) < 4.78 is 26.9. The number of nitrogens with two attached hydrogens (primary N) is 1. The number of aryl methyl sites for hydroxylation is 1. The molecule has 0 amide bonds. The van der Waals surface area contributed by atoms with Crippen molar-refractivity contribution in [3.8, 4) is 0 Å². The molecule has 2 aromatic rings. The summed E-state index contributed by atoms with van der Waals surface area (Å²) in [5, 5.41) is 0. The van der Waals surface area contributed by atoms with Crippen molar-refractivity contribution in [2.75, 3.05) is 10.1 Å². The van der Waals surface area contributed by atoms with Gasteiger partial charge in [0.2, 0.25) is 0 Å². The molecular formula is C13H16N4O2S. The number of sulfonamides is 1. The van der Waals surface area contributed by atoms with E-state index in [-0.39, 0.29) is 10.7 Å². The van der Waals surface area contributed by atoms with Gasteiger partial charge >= 0.3 is 0 Å². The quantitative estimate of drug-likeness (QED) is 0.576. The lowest BCUT2D eigenvalue weighted by Crippen LogP contribution is -2.14. The molecule has 0 atom stereocenters. The van der Waals surface area contributed by atoms with Crippen molar-refractivity contribution in [3.63, 3.8) is 0 Å². The molecule has 2 rings (SSSR count). The molecule has 1 aromatic heterocycles. The Bertz CT molecular complexity index is 684. The third-order valence-electron chi connectivity index (χ3n) is 2.80. The number of rotatable bonds is 5. The fourth-order valence-electron chi connectivity index (χ4n) is 1.68. The predicted molar refractivity (Wildman–Crippen MR) is 78.7 cm³/mol. The SMILES string of the molecule is CCc1ccc(NS(=O)(=O)c2ccnc(NN)c2)cc1. The first-order chi connectivity index (χ1) is 9.55. The minimum absolute atomic E-state index is 0.0972. The largest absolute Gasteiger partial charge is 0.308 e. The molecule has 20 heavy (non-hydrogen) atoms. The van der Waals surface area contributed by atoms with Crippen LogP contribution in [0.15, 0.2) is 47.5 Å². The summed E-state index contributed by atoms with van der Waals surface area (Å²) in [6.45, 7) is 2.04. The maximum Gasteiger partial charge on any atom is 0.262 e. The highest BCUT2D eigenvalue weighted by molar-refractivity contribution is 7.92. The minimum Gasteiger partial charge on any atom is -0.308 e. The number of nitrogens with one attached hydrogen (secondary N) is 2. The van der Waals surface area contributed by atoms with Gasteiger partial charge in [-0.2, -0.15) is 0 Å². The van der Waals surface area contributed by atoms with Crippen molar-refractivity contribution < 1.29 is 8.42 Å². The van der Waals surface area contributed by atoms with Gasteiger partial charge in [-0.1, -0.05) is 19.1 Å². The van der Waals surface area contributed by atoms with E-state index in [1.807, 2.05) is 19.1 Å². The van der Waals surface area contributed by atoms with E-state index in [2.05, 4.69) is 15.1 Å². The zero-order valence-corrected chi connectivity index (χ0v) is 11.8. The van der Waals surface area contributed by atoms with Crippen molar-refractivity contribution in [1.29, 1.82) is 0 Å². The first kappa shape index (κ1) is 14.3. The lowest BCUT2D eigenvalue weighted by molar-refractivity contribution is 0.601. The normalized spacial score (nSPS) is 11.1. The van der Waals surface area contributed by atoms with E-state index in [1.54, 1.807) is 12.1 Å². The number of hydrogen-bond donors (Lipinski definition) is 3. The Morgan fingerprint density at radius 3 is 2.50 bits per heavy atom. The fourth-order valence-corrected chi connectivity index (χ4v) is 2.75. The molecular weight excluding hydrogens is 276 g/mol. The van der Waals surface area contributed by atoms with Gasteiger partial charge in [0.25, 0.3) is 10.0 Å². The van der Waals surface area contributed by atoms with E-state index in [0.29, 0.717) is 5.69 Å². The Hall–Kier alpha value is -2.12. The van der Waals surface area contributed by atoms with Gasteiger partial charge in [0.05, 0.1) is 4.90 Å². The molecule has 106 valence electrons. The molecule has 7 heteroatoms. The average molecular weight is 292 g/mol. The second-order valence-corrected chi connectivity index (χ2v) is 5.86. The third kappa shape index (κ3) is 3.25. The van der Waals surface area contributed by atoms with Gasteiger partial charge in [-0.25, -0.2) is 19.2 Å². The molecule has 0 spiro atoms. The van der Waals surface area contributed by atoms with Crippen LogP contribution < -0.4 is 16.0 Å². The summed E-state index contributed by atoms with van der Waals surface area (Å²) in [5.74, 6) is 5.51. The van der Waals surface area contributed by atoms with Crippen LogP contribution in [0.4, 0.5) is 11.5 Å². The molecule has 1 heterocycles. The van der Waals surface area contributed by atoms with Crippen LogP contribution in [-0.4, -0.2) is 13.4 Å². The van der Waals surface area contributed by atoms with Crippen LogP contribution in [0.1, 0.15) is 12.5 Å². The number of pyridine rings is 1. The smallest absolute Gasteiger partial charge is 0.262 e. The maximum absolute atomic E-state index is 12.2. The first-order valence-electron chi connectivity index (χ1n) is 6.09. The number of benzene rings is 1. The Morgan fingerprint density at radius 2 is 1.90 bits per heavy atom. The number of nitrogens with zero attached hydrogens (tertiary/aromatic N) is 1. The summed E-state index contributed by atoms with van der Waals surface area (Å²) in [7, 11) is -3.65. The summed E-state index contributed by atoms with van der Waals surface area (Å²) in [6.07, 6.45) is 2.28. The topological polar surface area (TPSA) is 97.1 Å². The van der Waals surface area contributed by atoms with Gasteiger partial charge in [0.1, 0.15) is 5.82 Å². The van der Waals surface area contributed by atoms with Crippen LogP contribution in [-0.2, 0) is 16.4 Å². The van der Waals surface area contributed by atoms with E-state index in [1.165, 1.54) is 18.3 Å². The maximum atomic E-state index is 12.2. The van der Waals surface area contributed by atoms with Gasteiger partial charge in [0, 0.05) is 18.0 Å². The summed E-state index contributed by atoms with van der Waals surface area (Å²) in [6, 6.07) is 10.0. The molecule has 0 saturated heterocycles. The zero-order valence-electron chi connectivity index (χ0n) is 11.0. The van der Waals surface area contributed by atoms with E-state index in [9.17, 15) is 8.42 Å². The second kappa shape index (κ2) is 5.89. The van der Waals surface area contributed by atoms with Crippen LogP contribution in [0, 0.1) is 0 Å². The highest BCUT2D eigenvalue weighted by Gasteiger charge is 2.14. The van der Waals surface area contributed by atoms with Crippen LogP contribution in [0.2, 0.25) is 0 Å². The highest BCUT2D eigenvalue weighted by Crippen LogP contribution is 2.18. The fraction of sp³-hybridized carbons (Fsp3) is 0.154. The van der Waals surface area contributed by atoms with E-state index >= 15 is 0 Å². The minimum atomic E-state index is -3.65. The van der Waals surface area contributed by atoms with Crippen molar-refractivity contribution in [1.82, 2.24) is 4.98 Å². The van der Waals surface area contributed by atoms with Crippen molar-refractivity contribution >= 4 is 21.5 Å². The summed E-state index contributed by atoms with van der Waals surface area (Å²) in [4.78, 5) is 3.97. The zero-order chi connectivity index (χ0) is 14.6. The second-order valence-electron chi connectivity index (χ2n) is 4.18. The molecule has 0 aliphatic rings. The number of anilines is 2. The molecule has 0 fully saturated rings.